The van der Waals surface area contributed by atoms with E-state index in [0.717, 1.165) is 38.0 Å². The molecule has 2 atom stereocenters. The van der Waals surface area contributed by atoms with Gasteiger partial charge in [0.1, 0.15) is 0 Å². The maximum Gasteiger partial charge on any atom is 0.242 e. The van der Waals surface area contributed by atoms with E-state index in [9.17, 15) is 4.79 Å². The number of rotatable bonds is 1. The second-order valence-corrected chi connectivity index (χ2v) is 7.82. The number of amides is 1. The third-order valence-corrected chi connectivity index (χ3v) is 6.56. The van der Waals surface area contributed by atoms with Gasteiger partial charge in [0, 0.05) is 23.6 Å². The van der Waals surface area contributed by atoms with E-state index in [1.54, 1.807) is 0 Å². The van der Waals surface area contributed by atoms with Crippen molar-refractivity contribution in [3.05, 3.63) is 0 Å². The summed E-state index contributed by atoms with van der Waals surface area (Å²) in [4.78, 5) is 15.1. The topological polar surface area (TPSA) is 46.3 Å². The fourth-order valence-electron chi connectivity index (χ4n) is 4.03. The van der Waals surface area contributed by atoms with Gasteiger partial charge in [0.25, 0.3) is 0 Å². The number of nitrogens with two attached hydrogens (primary N) is 1. The van der Waals surface area contributed by atoms with Crippen molar-refractivity contribution in [2.45, 2.75) is 74.6 Å². The van der Waals surface area contributed by atoms with Gasteiger partial charge in [-0.1, -0.05) is 32.1 Å². The van der Waals surface area contributed by atoms with E-state index in [-0.39, 0.29) is 18.3 Å². The number of carbonyl (C=O) groups is 1. The maximum absolute atomic E-state index is 12.9. The fourth-order valence-corrected chi connectivity index (χ4v) is 5.47. The Labute approximate surface area is 132 Å². The zero-order valence-corrected chi connectivity index (χ0v) is 13.8. The van der Waals surface area contributed by atoms with Crippen molar-refractivity contribution in [2.75, 3.05) is 12.3 Å². The van der Waals surface area contributed by atoms with E-state index in [1.807, 2.05) is 0 Å². The summed E-state index contributed by atoms with van der Waals surface area (Å²) in [7, 11) is 0. The predicted molar refractivity (Wildman–Crippen MR) is 87.5 cm³/mol. The highest BCUT2D eigenvalue weighted by Gasteiger charge is 2.44. The molecule has 1 amide bonds. The number of fused-ring (bicyclic) bond motifs is 1. The first-order valence-electron chi connectivity index (χ1n) is 7.92. The number of nitrogens with zero attached hydrogens (tertiary/aromatic N) is 1. The van der Waals surface area contributed by atoms with Gasteiger partial charge in [-0.2, -0.15) is 11.8 Å². The second-order valence-electron chi connectivity index (χ2n) is 6.48. The van der Waals surface area contributed by atoms with Gasteiger partial charge in [0.2, 0.25) is 5.91 Å². The highest BCUT2D eigenvalue weighted by atomic mass is 35.5. The SMILES string of the molecule is Cl.NC1(C(=O)N2CCSC3CCCCC32)CCCCC1. The lowest BCUT2D eigenvalue weighted by molar-refractivity contribution is -0.141. The maximum atomic E-state index is 12.9. The lowest BCUT2D eigenvalue weighted by atomic mass is 9.80. The molecule has 0 bridgehead atoms. The van der Waals surface area contributed by atoms with Crippen LogP contribution in [0.4, 0.5) is 0 Å². The minimum absolute atomic E-state index is 0. The van der Waals surface area contributed by atoms with E-state index in [1.165, 1.54) is 32.1 Å². The van der Waals surface area contributed by atoms with E-state index in [0.29, 0.717) is 11.3 Å². The third kappa shape index (κ3) is 3.12. The summed E-state index contributed by atoms with van der Waals surface area (Å²) in [6.07, 6.45) is 10.4. The molecule has 0 aromatic carbocycles. The largest absolute Gasteiger partial charge is 0.336 e. The molecule has 116 valence electrons. The first kappa shape index (κ1) is 16.4. The van der Waals surface area contributed by atoms with Crippen LogP contribution in [0.5, 0.6) is 0 Å². The second kappa shape index (κ2) is 6.89. The molecule has 5 heteroatoms. The molecule has 3 nitrogen and oxygen atoms in total. The molecule has 1 heterocycles. The van der Waals surface area contributed by atoms with Crippen LogP contribution in [-0.4, -0.2) is 39.9 Å². The molecule has 0 aromatic heterocycles. The molecule has 2 unspecified atom stereocenters. The first-order chi connectivity index (χ1) is 9.21. The molecule has 20 heavy (non-hydrogen) atoms. The summed E-state index contributed by atoms with van der Waals surface area (Å²) in [6.45, 7) is 0.920. The van der Waals surface area contributed by atoms with Gasteiger partial charge in [-0.05, 0) is 25.7 Å². The molecular formula is C15H27ClN2OS. The van der Waals surface area contributed by atoms with Gasteiger partial charge in [-0.25, -0.2) is 0 Å². The highest BCUT2D eigenvalue weighted by Crippen LogP contribution is 2.38. The molecule has 2 N–H and O–H groups in total. The molecule has 1 aliphatic heterocycles. The van der Waals surface area contributed by atoms with Gasteiger partial charge in [0.05, 0.1) is 5.54 Å². The van der Waals surface area contributed by atoms with Crippen LogP contribution in [-0.2, 0) is 4.79 Å². The Morgan fingerprint density at radius 1 is 1.10 bits per heavy atom. The molecule has 0 radical (unpaired) electrons. The van der Waals surface area contributed by atoms with Crippen LogP contribution < -0.4 is 5.73 Å². The van der Waals surface area contributed by atoms with Crippen molar-refractivity contribution in [3.63, 3.8) is 0 Å². The van der Waals surface area contributed by atoms with E-state index in [2.05, 4.69) is 16.7 Å². The minimum Gasteiger partial charge on any atom is -0.336 e. The quantitative estimate of drug-likeness (QED) is 0.808. The number of carbonyl (C=O) groups excluding carboxylic acids is 1. The van der Waals surface area contributed by atoms with Crippen LogP contribution in [0.2, 0.25) is 0 Å². The molecule has 3 aliphatic rings. The van der Waals surface area contributed by atoms with Gasteiger partial charge >= 0.3 is 0 Å². The summed E-state index contributed by atoms with van der Waals surface area (Å²) in [5, 5.41) is 0.679. The highest BCUT2D eigenvalue weighted by molar-refractivity contribution is 8.00. The van der Waals surface area contributed by atoms with Crippen LogP contribution in [0.25, 0.3) is 0 Å². The Kier molecular flexibility index (Phi) is 5.66. The van der Waals surface area contributed by atoms with Crippen molar-refractivity contribution in [1.82, 2.24) is 4.90 Å². The summed E-state index contributed by atoms with van der Waals surface area (Å²) in [5.41, 5.74) is 5.92. The average Bonchev–Trinajstić information content (AvgIpc) is 2.47. The molecule has 0 aromatic rings. The molecule has 0 spiro atoms. The number of hydrogen-bond acceptors (Lipinski definition) is 3. The molecule has 3 rings (SSSR count). The van der Waals surface area contributed by atoms with Crippen molar-refractivity contribution in [2.24, 2.45) is 5.73 Å². The van der Waals surface area contributed by atoms with Crippen LogP contribution in [0.3, 0.4) is 0 Å². The summed E-state index contributed by atoms with van der Waals surface area (Å²) in [5.74, 6) is 1.37. The Balaban J connectivity index is 0.00000147. The van der Waals surface area contributed by atoms with Crippen molar-refractivity contribution >= 4 is 30.1 Å². The zero-order chi connectivity index (χ0) is 13.3. The lowest BCUT2D eigenvalue weighted by Crippen LogP contribution is -2.62. The zero-order valence-electron chi connectivity index (χ0n) is 12.2. The average molecular weight is 319 g/mol. The molecule has 2 aliphatic carbocycles. The Morgan fingerprint density at radius 2 is 1.80 bits per heavy atom. The van der Waals surface area contributed by atoms with Crippen molar-refractivity contribution in [1.29, 1.82) is 0 Å². The standard InChI is InChI=1S/C15H26N2OS.ClH/c16-15(8-4-1-5-9-15)14(18)17-10-11-19-13-7-3-2-6-12(13)17;/h12-13H,1-11,16H2;1H. The van der Waals surface area contributed by atoms with Crippen molar-refractivity contribution in [3.8, 4) is 0 Å². The number of thioether (sulfide) groups is 1. The minimum atomic E-state index is -0.539. The fraction of sp³-hybridized carbons (Fsp3) is 0.933. The van der Waals surface area contributed by atoms with Crippen LogP contribution in [0.15, 0.2) is 0 Å². The van der Waals surface area contributed by atoms with Gasteiger partial charge in [-0.15, -0.1) is 12.4 Å². The first-order valence-corrected chi connectivity index (χ1v) is 8.97. The molecule has 2 saturated carbocycles. The number of hydrogen-bond donors (Lipinski definition) is 1. The Morgan fingerprint density at radius 3 is 2.55 bits per heavy atom. The molecule has 3 fully saturated rings. The summed E-state index contributed by atoms with van der Waals surface area (Å²) < 4.78 is 0. The van der Waals surface area contributed by atoms with Crippen LogP contribution >= 0.6 is 24.2 Å². The van der Waals surface area contributed by atoms with E-state index >= 15 is 0 Å². The predicted octanol–water partition coefficient (Wildman–Crippen LogP) is 2.96. The third-order valence-electron chi connectivity index (χ3n) is 5.16. The Hall–Kier alpha value is 0.0700. The normalized spacial score (nSPS) is 33.0. The lowest BCUT2D eigenvalue weighted by Gasteiger charge is -2.47. The van der Waals surface area contributed by atoms with Crippen LogP contribution in [0.1, 0.15) is 57.8 Å². The van der Waals surface area contributed by atoms with Gasteiger partial charge in [0.15, 0.2) is 0 Å². The van der Waals surface area contributed by atoms with Gasteiger partial charge in [-0.3, -0.25) is 4.79 Å². The smallest absolute Gasteiger partial charge is 0.242 e. The van der Waals surface area contributed by atoms with Gasteiger partial charge < -0.3 is 10.6 Å². The molecular weight excluding hydrogens is 292 g/mol. The monoisotopic (exact) mass is 318 g/mol. The molecule has 1 saturated heterocycles. The van der Waals surface area contributed by atoms with E-state index < -0.39 is 5.54 Å². The Bertz CT molecular complexity index is 345. The number of halogens is 1. The van der Waals surface area contributed by atoms with E-state index in [4.69, 9.17) is 5.73 Å². The summed E-state index contributed by atoms with van der Waals surface area (Å²) >= 11 is 2.08. The van der Waals surface area contributed by atoms with Crippen LogP contribution in [0, 0.1) is 0 Å². The van der Waals surface area contributed by atoms with Crippen molar-refractivity contribution < 1.29 is 4.79 Å². The summed E-state index contributed by atoms with van der Waals surface area (Å²) in [6, 6.07) is 0.474.